The maximum atomic E-state index is 11.7. The van der Waals surface area contributed by atoms with Gasteiger partial charge in [-0.3, -0.25) is 0 Å². The van der Waals surface area contributed by atoms with Crippen molar-refractivity contribution in [1.29, 1.82) is 0 Å². The molecule has 1 fully saturated rings. The third-order valence-electron chi connectivity index (χ3n) is 3.40. The van der Waals surface area contributed by atoms with Crippen LogP contribution in [-0.2, 0) is 4.74 Å². The van der Waals surface area contributed by atoms with Crippen LogP contribution < -0.4 is 15.2 Å². The van der Waals surface area contributed by atoms with Crippen molar-refractivity contribution in [2.45, 2.75) is 25.0 Å². The fourth-order valence-corrected chi connectivity index (χ4v) is 2.26. The van der Waals surface area contributed by atoms with Crippen molar-refractivity contribution in [2.75, 3.05) is 14.2 Å². The molecule has 0 unspecified atom stereocenters. The van der Waals surface area contributed by atoms with Gasteiger partial charge in [-0.05, 0) is 25.0 Å². The van der Waals surface area contributed by atoms with E-state index in [0.717, 1.165) is 12.8 Å². The minimum atomic E-state index is -0.435. The zero-order valence-corrected chi connectivity index (χ0v) is 11.7. The van der Waals surface area contributed by atoms with Gasteiger partial charge in [-0.2, -0.15) is 0 Å². The summed E-state index contributed by atoms with van der Waals surface area (Å²) in [5.41, 5.74) is 6.71. The van der Waals surface area contributed by atoms with Crippen LogP contribution in [-0.4, -0.2) is 32.3 Å². The van der Waals surface area contributed by atoms with Crippen LogP contribution >= 0.6 is 0 Å². The summed E-state index contributed by atoms with van der Waals surface area (Å²) in [5, 5.41) is 0. The third kappa shape index (κ3) is 2.63. The third-order valence-corrected chi connectivity index (χ3v) is 3.40. The largest absolute Gasteiger partial charge is 0.492 e. The van der Waals surface area contributed by atoms with Gasteiger partial charge in [-0.25, -0.2) is 4.79 Å². The maximum Gasteiger partial charge on any atom is 0.338 e. The van der Waals surface area contributed by atoms with Crippen LogP contribution in [0.15, 0.2) is 18.7 Å². The number of benzene rings is 1. The predicted octanol–water partition coefficient (Wildman–Crippen LogP) is 1.99. The Morgan fingerprint density at radius 3 is 2.60 bits per heavy atom. The quantitative estimate of drug-likeness (QED) is 0.833. The van der Waals surface area contributed by atoms with Crippen molar-refractivity contribution < 1.29 is 19.0 Å². The molecule has 5 heteroatoms. The first-order chi connectivity index (χ1) is 9.60. The highest BCUT2D eigenvalue weighted by atomic mass is 16.5. The first kappa shape index (κ1) is 14.4. The summed E-state index contributed by atoms with van der Waals surface area (Å²) in [5.74, 6) is 0.644. The lowest BCUT2D eigenvalue weighted by atomic mass is 9.90. The van der Waals surface area contributed by atoms with Gasteiger partial charge in [0, 0.05) is 11.6 Å². The van der Waals surface area contributed by atoms with E-state index in [1.54, 1.807) is 18.2 Å². The molecule has 1 aromatic rings. The molecular weight excluding hydrogens is 258 g/mol. The minimum Gasteiger partial charge on any atom is -0.492 e. The zero-order chi connectivity index (χ0) is 14.7. The van der Waals surface area contributed by atoms with Gasteiger partial charge in [0.2, 0.25) is 0 Å². The van der Waals surface area contributed by atoms with Crippen molar-refractivity contribution in [2.24, 2.45) is 5.73 Å². The highest BCUT2D eigenvalue weighted by Crippen LogP contribution is 2.37. The number of hydrogen-bond acceptors (Lipinski definition) is 5. The van der Waals surface area contributed by atoms with Gasteiger partial charge >= 0.3 is 5.97 Å². The molecule has 1 aliphatic carbocycles. The number of ether oxygens (including phenoxy) is 3. The molecule has 1 saturated carbocycles. The van der Waals surface area contributed by atoms with Crippen molar-refractivity contribution in [3.05, 3.63) is 29.8 Å². The van der Waals surface area contributed by atoms with Crippen molar-refractivity contribution in [3.8, 4) is 11.5 Å². The lowest BCUT2D eigenvalue weighted by Gasteiger charge is -2.33. The normalized spacial score (nSPS) is 20.8. The monoisotopic (exact) mass is 277 g/mol. The van der Waals surface area contributed by atoms with Gasteiger partial charge in [0.25, 0.3) is 0 Å². The number of esters is 1. The van der Waals surface area contributed by atoms with E-state index in [9.17, 15) is 4.79 Å². The van der Waals surface area contributed by atoms with Crippen LogP contribution in [0.5, 0.6) is 11.5 Å². The van der Waals surface area contributed by atoms with E-state index in [2.05, 4.69) is 6.58 Å². The Bertz CT molecular complexity index is 521. The highest BCUT2D eigenvalue weighted by Gasteiger charge is 2.29. The summed E-state index contributed by atoms with van der Waals surface area (Å²) in [7, 11) is 2.87. The predicted molar refractivity (Wildman–Crippen MR) is 76.0 cm³/mol. The van der Waals surface area contributed by atoms with Gasteiger partial charge in [-0.15, -0.1) is 0 Å². The Kier molecular flexibility index (Phi) is 4.29. The van der Waals surface area contributed by atoms with Crippen molar-refractivity contribution in [3.63, 3.8) is 0 Å². The Balaban J connectivity index is 2.33. The van der Waals surface area contributed by atoms with E-state index in [-0.39, 0.29) is 12.1 Å². The molecule has 0 saturated heterocycles. The summed E-state index contributed by atoms with van der Waals surface area (Å²) in [6.07, 6.45) is 3.31. The second kappa shape index (κ2) is 5.96. The van der Waals surface area contributed by atoms with Crippen LogP contribution in [0.4, 0.5) is 0 Å². The number of hydrogen-bond donors (Lipinski definition) is 1. The van der Waals surface area contributed by atoms with E-state index in [4.69, 9.17) is 19.9 Å². The molecule has 1 aliphatic rings. The van der Waals surface area contributed by atoms with E-state index >= 15 is 0 Å². The SMILES string of the molecule is C=Cc1c(C(=O)OC)ccc(O[C@H]2C[C@H](N)C2)c1OC. The number of methoxy groups -OCH3 is 2. The minimum absolute atomic E-state index is 0.0977. The number of carbonyl (C=O) groups excluding carboxylic acids is 1. The van der Waals surface area contributed by atoms with Crippen LogP contribution in [0.2, 0.25) is 0 Å². The molecule has 0 amide bonds. The van der Waals surface area contributed by atoms with E-state index in [0.29, 0.717) is 22.6 Å². The number of rotatable bonds is 5. The standard InChI is InChI=1S/C15H19NO4/c1-4-11-12(15(17)19-3)5-6-13(14(11)18-2)20-10-7-9(16)8-10/h4-6,9-10H,1,7-8,16H2,2-3H3/t9-,10-. The Morgan fingerprint density at radius 1 is 1.40 bits per heavy atom. The second-order valence-corrected chi connectivity index (χ2v) is 4.73. The Morgan fingerprint density at radius 2 is 2.10 bits per heavy atom. The molecular formula is C15H19NO4. The molecule has 1 aromatic carbocycles. The lowest BCUT2D eigenvalue weighted by Crippen LogP contribution is -2.43. The molecule has 0 atom stereocenters. The average Bonchev–Trinajstić information content (AvgIpc) is 2.43. The molecule has 0 aromatic heterocycles. The van der Waals surface area contributed by atoms with Gasteiger partial charge in [-0.1, -0.05) is 12.7 Å². The van der Waals surface area contributed by atoms with Gasteiger partial charge in [0.1, 0.15) is 6.10 Å². The summed E-state index contributed by atoms with van der Waals surface area (Å²) >= 11 is 0. The fourth-order valence-electron chi connectivity index (χ4n) is 2.26. The highest BCUT2D eigenvalue weighted by molar-refractivity contribution is 5.95. The topological polar surface area (TPSA) is 70.8 Å². The zero-order valence-electron chi connectivity index (χ0n) is 11.7. The smallest absolute Gasteiger partial charge is 0.338 e. The van der Waals surface area contributed by atoms with Gasteiger partial charge in [0.15, 0.2) is 11.5 Å². The maximum absolute atomic E-state index is 11.7. The average molecular weight is 277 g/mol. The van der Waals surface area contributed by atoms with E-state index < -0.39 is 5.97 Å². The number of nitrogens with two attached hydrogens (primary N) is 1. The molecule has 0 spiro atoms. The molecule has 2 rings (SSSR count). The summed E-state index contributed by atoms with van der Waals surface area (Å²) in [4.78, 5) is 11.7. The fraction of sp³-hybridized carbons (Fsp3) is 0.400. The van der Waals surface area contributed by atoms with Crippen molar-refractivity contribution in [1.82, 2.24) is 0 Å². The van der Waals surface area contributed by atoms with E-state index in [1.807, 2.05) is 0 Å². The molecule has 0 radical (unpaired) electrons. The first-order valence-corrected chi connectivity index (χ1v) is 6.44. The summed E-state index contributed by atoms with van der Waals surface area (Å²) in [6.45, 7) is 3.72. The van der Waals surface area contributed by atoms with Crippen molar-refractivity contribution >= 4 is 12.0 Å². The van der Waals surface area contributed by atoms with Crippen LogP contribution in [0.25, 0.3) is 6.08 Å². The van der Waals surface area contributed by atoms with Crippen LogP contribution in [0, 0.1) is 0 Å². The second-order valence-electron chi connectivity index (χ2n) is 4.73. The van der Waals surface area contributed by atoms with Gasteiger partial charge < -0.3 is 19.9 Å². The van der Waals surface area contributed by atoms with Gasteiger partial charge in [0.05, 0.1) is 19.8 Å². The first-order valence-electron chi connectivity index (χ1n) is 6.44. The van der Waals surface area contributed by atoms with Crippen LogP contribution in [0.3, 0.4) is 0 Å². The molecule has 20 heavy (non-hydrogen) atoms. The Hall–Kier alpha value is -2.01. The van der Waals surface area contributed by atoms with E-state index in [1.165, 1.54) is 14.2 Å². The Labute approximate surface area is 118 Å². The molecule has 0 aliphatic heterocycles. The molecule has 0 bridgehead atoms. The molecule has 5 nitrogen and oxygen atoms in total. The summed E-state index contributed by atoms with van der Waals surface area (Å²) < 4.78 is 16.0. The molecule has 0 heterocycles. The molecule has 2 N–H and O–H groups in total. The lowest BCUT2D eigenvalue weighted by molar-refractivity contribution is 0.0599. The molecule has 108 valence electrons. The number of carbonyl (C=O) groups is 1. The summed E-state index contributed by atoms with van der Waals surface area (Å²) in [6, 6.07) is 3.57. The van der Waals surface area contributed by atoms with Crippen LogP contribution in [0.1, 0.15) is 28.8 Å².